The summed E-state index contributed by atoms with van der Waals surface area (Å²) in [6.07, 6.45) is 0.849. The molecule has 0 N–H and O–H groups in total. The second kappa shape index (κ2) is 7.38. The normalized spacial score (nSPS) is 12.1. The molecule has 2 aromatic rings. The summed E-state index contributed by atoms with van der Waals surface area (Å²) in [5, 5.41) is 0. The van der Waals surface area contributed by atoms with Gasteiger partial charge in [-0.05, 0) is 49.6 Å². The maximum Gasteiger partial charge on any atom is 0.306 e. The summed E-state index contributed by atoms with van der Waals surface area (Å²) in [5.41, 5.74) is 3.90. The highest BCUT2D eigenvalue weighted by atomic mass is 16.7. The van der Waals surface area contributed by atoms with E-state index in [9.17, 15) is 9.59 Å². The second-order valence-corrected chi connectivity index (χ2v) is 6.08. The number of rotatable bonds is 6. The van der Waals surface area contributed by atoms with Crippen molar-refractivity contribution < 1.29 is 23.8 Å². The Bertz CT molecular complexity index is 810. The third-order valence-corrected chi connectivity index (χ3v) is 4.16. The summed E-state index contributed by atoms with van der Waals surface area (Å²) >= 11 is 0. The molecule has 5 heteroatoms. The summed E-state index contributed by atoms with van der Waals surface area (Å²) in [6.45, 7) is 3.94. The van der Waals surface area contributed by atoms with E-state index in [1.807, 2.05) is 26.0 Å². The monoisotopic (exact) mass is 340 g/mol. The van der Waals surface area contributed by atoms with Crippen molar-refractivity contribution in [1.82, 2.24) is 0 Å². The number of hydrogen-bond donors (Lipinski definition) is 0. The van der Waals surface area contributed by atoms with E-state index in [0.29, 0.717) is 23.5 Å². The molecular formula is C20H20O5. The summed E-state index contributed by atoms with van der Waals surface area (Å²) in [7, 11) is 0. The van der Waals surface area contributed by atoms with E-state index >= 15 is 0 Å². The molecule has 25 heavy (non-hydrogen) atoms. The minimum Gasteiger partial charge on any atom is -0.457 e. The van der Waals surface area contributed by atoms with E-state index in [1.165, 1.54) is 5.56 Å². The molecule has 2 aromatic carbocycles. The molecule has 0 saturated carbocycles. The predicted molar refractivity (Wildman–Crippen MR) is 92.1 cm³/mol. The van der Waals surface area contributed by atoms with Crippen LogP contribution in [-0.2, 0) is 16.0 Å². The van der Waals surface area contributed by atoms with Gasteiger partial charge in [-0.25, -0.2) is 0 Å². The second-order valence-electron chi connectivity index (χ2n) is 6.08. The largest absolute Gasteiger partial charge is 0.457 e. The predicted octanol–water partition coefficient (Wildman–Crippen LogP) is 3.39. The zero-order valence-corrected chi connectivity index (χ0v) is 14.3. The summed E-state index contributed by atoms with van der Waals surface area (Å²) in [6, 6.07) is 11.1. The van der Waals surface area contributed by atoms with Crippen LogP contribution in [0.5, 0.6) is 11.5 Å². The van der Waals surface area contributed by atoms with Crippen LogP contribution in [0.15, 0.2) is 36.4 Å². The van der Waals surface area contributed by atoms with E-state index < -0.39 is 0 Å². The average molecular weight is 340 g/mol. The quantitative estimate of drug-likeness (QED) is 0.596. The van der Waals surface area contributed by atoms with Crippen LogP contribution in [0.3, 0.4) is 0 Å². The average Bonchev–Trinajstić information content (AvgIpc) is 3.06. The van der Waals surface area contributed by atoms with Crippen LogP contribution in [0.2, 0.25) is 0 Å². The highest BCUT2D eigenvalue weighted by molar-refractivity contribution is 5.98. The van der Waals surface area contributed by atoms with Crippen LogP contribution >= 0.6 is 0 Å². The number of fused-ring (bicyclic) bond motifs is 1. The summed E-state index contributed by atoms with van der Waals surface area (Å²) < 4.78 is 15.5. The van der Waals surface area contributed by atoms with E-state index in [1.54, 1.807) is 18.2 Å². The van der Waals surface area contributed by atoms with Gasteiger partial charge >= 0.3 is 5.97 Å². The standard InChI is InChI=1S/C20H20O5/c1-13-3-4-15(14(2)9-13)6-8-20(22)23-11-17(21)16-5-7-18-19(10-16)25-12-24-18/h3-5,7,9-10H,6,8,11-12H2,1-2H3. The molecule has 0 bridgehead atoms. The molecule has 0 radical (unpaired) electrons. The first-order valence-electron chi connectivity index (χ1n) is 8.17. The topological polar surface area (TPSA) is 61.8 Å². The Morgan fingerprint density at radius 3 is 2.64 bits per heavy atom. The van der Waals surface area contributed by atoms with Gasteiger partial charge in [0.25, 0.3) is 0 Å². The molecule has 3 rings (SSSR count). The molecule has 130 valence electrons. The lowest BCUT2D eigenvalue weighted by molar-refractivity contribution is -0.142. The van der Waals surface area contributed by atoms with Gasteiger partial charge in [0.05, 0.1) is 0 Å². The van der Waals surface area contributed by atoms with Crippen molar-refractivity contribution >= 4 is 11.8 Å². The van der Waals surface area contributed by atoms with Gasteiger partial charge in [-0.3, -0.25) is 9.59 Å². The number of ketones is 1. The molecule has 1 aliphatic rings. The fraction of sp³-hybridized carbons (Fsp3) is 0.300. The molecule has 0 atom stereocenters. The van der Waals surface area contributed by atoms with Gasteiger partial charge in [0.2, 0.25) is 6.79 Å². The SMILES string of the molecule is Cc1ccc(CCC(=O)OCC(=O)c2ccc3c(c2)OCO3)c(C)c1. The number of carbonyl (C=O) groups is 2. The number of ether oxygens (including phenoxy) is 3. The number of benzene rings is 2. The van der Waals surface area contributed by atoms with Gasteiger partial charge in [0.15, 0.2) is 23.9 Å². The first-order valence-corrected chi connectivity index (χ1v) is 8.17. The van der Waals surface area contributed by atoms with E-state index in [0.717, 1.165) is 11.1 Å². The highest BCUT2D eigenvalue weighted by Crippen LogP contribution is 2.32. The molecule has 5 nitrogen and oxygen atoms in total. The molecule has 0 spiro atoms. The molecule has 1 heterocycles. The van der Waals surface area contributed by atoms with Crippen LogP contribution in [0.25, 0.3) is 0 Å². The number of aryl methyl sites for hydroxylation is 3. The summed E-state index contributed by atoms with van der Waals surface area (Å²) in [4.78, 5) is 24.0. The van der Waals surface area contributed by atoms with Crippen molar-refractivity contribution in [3.05, 3.63) is 58.7 Å². The van der Waals surface area contributed by atoms with Gasteiger partial charge in [-0.15, -0.1) is 0 Å². The first kappa shape index (κ1) is 17.0. The fourth-order valence-electron chi connectivity index (χ4n) is 2.73. The van der Waals surface area contributed by atoms with Crippen LogP contribution in [0.4, 0.5) is 0 Å². The van der Waals surface area contributed by atoms with Gasteiger partial charge < -0.3 is 14.2 Å². The maximum absolute atomic E-state index is 12.1. The molecule has 0 saturated heterocycles. The number of hydrogen-bond acceptors (Lipinski definition) is 5. The van der Waals surface area contributed by atoms with E-state index in [4.69, 9.17) is 14.2 Å². The molecule has 0 aliphatic carbocycles. The zero-order valence-electron chi connectivity index (χ0n) is 14.3. The van der Waals surface area contributed by atoms with Crippen molar-refractivity contribution in [2.24, 2.45) is 0 Å². The van der Waals surface area contributed by atoms with E-state index in [-0.39, 0.29) is 31.6 Å². The van der Waals surface area contributed by atoms with Crippen molar-refractivity contribution in [2.45, 2.75) is 26.7 Å². The maximum atomic E-state index is 12.1. The van der Waals surface area contributed by atoms with Crippen LogP contribution in [0, 0.1) is 13.8 Å². The number of Topliss-reactive ketones (excluding diaryl/α,β-unsaturated/α-hetero) is 1. The Morgan fingerprint density at radius 1 is 1.04 bits per heavy atom. The third-order valence-electron chi connectivity index (χ3n) is 4.16. The van der Waals surface area contributed by atoms with E-state index in [2.05, 4.69) is 6.07 Å². The number of carbonyl (C=O) groups excluding carboxylic acids is 2. The zero-order chi connectivity index (χ0) is 17.8. The molecular weight excluding hydrogens is 320 g/mol. The van der Waals surface area contributed by atoms with Gasteiger partial charge in [0.1, 0.15) is 0 Å². The Kier molecular flexibility index (Phi) is 5.03. The Morgan fingerprint density at radius 2 is 1.84 bits per heavy atom. The lowest BCUT2D eigenvalue weighted by atomic mass is 10.0. The van der Waals surface area contributed by atoms with Crippen molar-refractivity contribution in [2.75, 3.05) is 13.4 Å². The molecule has 0 fully saturated rings. The van der Waals surface area contributed by atoms with Gasteiger partial charge in [-0.2, -0.15) is 0 Å². The van der Waals surface area contributed by atoms with Crippen molar-refractivity contribution in [3.8, 4) is 11.5 Å². The molecule has 0 aromatic heterocycles. The lowest BCUT2D eigenvalue weighted by Gasteiger charge is -2.08. The van der Waals surface area contributed by atoms with Gasteiger partial charge in [0, 0.05) is 12.0 Å². The van der Waals surface area contributed by atoms with Crippen LogP contribution < -0.4 is 9.47 Å². The summed E-state index contributed by atoms with van der Waals surface area (Å²) in [5.74, 6) is 0.501. The Hall–Kier alpha value is -2.82. The fourth-order valence-corrected chi connectivity index (χ4v) is 2.73. The smallest absolute Gasteiger partial charge is 0.306 e. The molecule has 0 amide bonds. The van der Waals surface area contributed by atoms with Crippen LogP contribution in [0.1, 0.15) is 33.5 Å². The minimum absolute atomic E-state index is 0.153. The van der Waals surface area contributed by atoms with Crippen LogP contribution in [-0.4, -0.2) is 25.2 Å². The molecule has 1 aliphatic heterocycles. The Balaban J connectivity index is 1.49. The molecule has 0 unspecified atom stereocenters. The first-order chi connectivity index (χ1) is 12.0. The van der Waals surface area contributed by atoms with Gasteiger partial charge in [-0.1, -0.05) is 23.8 Å². The highest BCUT2D eigenvalue weighted by Gasteiger charge is 2.17. The van der Waals surface area contributed by atoms with Crippen molar-refractivity contribution in [1.29, 1.82) is 0 Å². The lowest BCUT2D eigenvalue weighted by Crippen LogP contribution is -2.14. The Labute approximate surface area is 146 Å². The van der Waals surface area contributed by atoms with Crippen molar-refractivity contribution in [3.63, 3.8) is 0 Å². The minimum atomic E-state index is -0.380. The third kappa shape index (κ3) is 4.18. The number of esters is 1.